The van der Waals surface area contributed by atoms with Crippen molar-refractivity contribution in [2.24, 2.45) is 0 Å². The maximum atomic E-state index is 11.4. The molecule has 0 saturated carbocycles. The average molecular weight is 300 g/mol. The van der Waals surface area contributed by atoms with Crippen molar-refractivity contribution in [3.8, 4) is 16.5 Å². The van der Waals surface area contributed by atoms with Gasteiger partial charge in [-0.1, -0.05) is 6.07 Å². The van der Waals surface area contributed by atoms with E-state index in [1.165, 1.54) is 22.1 Å². The van der Waals surface area contributed by atoms with Crippen LogP contribution in [0.2, 0.25) is 0 Å². The molecule has 0 atom stereocenters. The molecule has 0 aromatic carbocycles. The lowest BCUT2D eigenvalue weighted by atomic mass is 10.3. The van der Waals surface area contributed by atoms with Gasteiger partial charge in [0.15, 0.2) is 5.69 Å². The molecule has 7 heteroatoms. The molecule has 3 aromatic rings. The van der Waals surface area contributed by atoms with Gasteiger partial charge in [-0.3, -0.25) is 0 Å². The molecule has 0 spiro atoms. The van der Waals surface area contributed by atoms with E-state index in [2.05, 4.69) is 15.1 Å². The number of carboxylic acids is 1. The number of aromatic nitrogens is 4. The molecule has 3 aromatic heterocycles. The van der Waals surface area contributed by atoms with Crippen molar-refractivity contribution in [1.29, 1.82) is 0 Å². The van der Waals surface area contributed by atoms with Gasteiger partial charge in [0.2, 0.25) is 0 Å². The fourth-order valence-corrected chi connectivity index (χ4v) is 2.71. The number of aryl methyl sites for hydroxylation is 2. The van der Waals surface area contributed by atoms with Crippen LogP contribution in [0.1, 0.15) is 21.9 Å². The number of thiophene rings is 1. The zero-order chi connectivity index (χ0) is 15.0. The van der Waals surface area contributed by atoms with Gasteiger partial charge in [-0.25, -0.2) is 14.8 Å². The van der Waals surface area contributed by atoms with Crippen LogP contribution in [-0.2, 0) is 0 Å². The number of aromatic carboxylic acids is 1. The van der Waals surface area contributed by atoms with Crippen LogP contribution in [0.4, 0.5) is 0 Å². The molecule has 0 aliphatic carbocycles. The Hall–Kier alpha value is -2.54. The van der Waals surface area contributed by atoms with E-state index < -0.39 is 5.97 Å². The minimum absolute atomic E-state index is 0.0448. The minimum atomic E-state index is -1.06. The van der Waals surface area contributed by atoms with Crippen LogP contribution in [0.15, 0.2) is 29.6 Å². The topological polar surface area (TPSA) is 80.9 Å². The molecular formula is C14H12N4O2S. The van der Waals surface area contributed by atoms with Crippen molar-refractivity contribution in [3.05, 3.63) is 46.7 Å². The molecule has 0 radical (unpaired) electrons. The van der Waals surface area contributed by atoms with Crippen LogP contribution in [0.5, 0.6) is 0 Å². The summed E-state index contributed by atoms with van der Waals surface area (Å²) in [6.07, 6.45) is 0. The number of rotatable bonds is 3. The monoisotopic (exact) mass is 300 g/mol. The van der Waals surface area contributed by atoms with Crippen LogP contribution in [0.3, 0.4) is 0 Å². The Bertz CT molecular complexity index is 788. The molecule has 0 fully saturated rings. The first-order chi connectivity index (χ1) is 10.0. The normalized spacial score (nSPS) is 10.8. The zero-order valence-corrected chi connectivity index (χ0v) is 12.3. The van der Waals surface area contributed by atoms with E-state index in [9.17, 15) is 9.90 Å². The van der Waals surface area contributed by atoms with Gasteiger partial charge in [0.25, 0.3) is 5.95 Å². The van der Waals surface area contributed by atoms with Crippen molar-refractivity contribution < 1.29 is 9.90 Å². The van der Waals surface area contributed by atoms with Crippen LogP contribution < -0.4 is 0 Å². The van der Waals surface area contributed by atoms with Crippen LogP contribution >= 0.6 is 11.3 Å². The van der Waals surface area contributed by atoms with E-state index in [4.69, 9.17) is 0 Å². The molecule has 0 bridgehead atoms. The van der Waals surface area contributed by atoms with Crippen LogP contribution in [-0.4, -0.2) is 30.8 Å². The van der Waals surface area contributed by atoms with Crippen LogP contribution in [0, 0.1) is 13.8 Å². The maximum absolute atomic E-state index is 11.4. The van der Waals surface area contributed by atoms with Crippen molar-refractivity contribution in [1.82, 2.24) is 19.7 Å². The van der Waals surface area contributed by atoms with Crippen molar-refractivity contribution in [2.45, 2.75) is 13.8 Å². The highest BCUT2D eigenvalue weighted by Crippen LogP contribution is 2.25. The summed E-state index contributed by atoms with van der Waals surface area (Å²) in [5.74, 6) is -0.791. The van der Waals surface area contributed by atoms with Crippen molar-refractivity contribution >= 4 is 17.3 Å². The fraction of sp³-hybridized carbons (Fsp3) is 0.143. The highest BCUT2D eigenvalue weighted by atomic mass is 32.1. The lowest BCUT2D eigenvalue weighted by Gasteiger charge is -2.04. The number of carbonyl (C=O) groups is 1. The number of hydrogen-bond donors (Lipinski definition) is 1. The summed E-state index contributed by atoms with van der Waals surface area (Å²) in [5.41, 5.74) is 2.18. The van der Waals surface area contributed by atoms with E-state index in [1.54, 1.807) is 0 Å². The molecule has 0 amide bonds. The smallest absolute Gasteiger partial charge is 0.354 e. The van der Waals surface area contributed by atoms with E-state index in [0.29, 0.717) is 5.69 Å². The molecule has 3 rings (SSSR count). The molecular weight excluding hydrogens is 288 g/mol. The first kappa shape index (κ1) is 13.4. The molecule has 106 valence electrons. The van der Waals surface area contributed by atoms with Crippen molar-refractivity contribution in [2.75, 3.05) is 0 Å². The summed E-state index contributed by atoms with van der Waals surface area (Å²) >= 11 is 1.50. The van der Waals surface area contributed by atoms with Gasteiger partial charge in [0.1, 0.15) is 5.69 Å². The van der Waals surface area contributed by atoms with Gasteiger partial charge in [-0.05, 0) is 31.4 Å². The first-order valence-electron chi connectivity index (χ1n) is 6.24. The highest BCUT2D eigenvalue weighted by molar-refractivity contribution is 7.13. The number of hydrogen-bond acceptors (Lipinski definition) is 5. The largest absolute Gasteiger partial charge is 0.477 e. The lowest BCUT2D eigenvalue weighted by molar-refractivity contribution is 0.0686. The average Bonchev–Trinajstić information content (AvgIpc) is 3.06. The Morgan fingerprint density at radius 1 is 1.24 bits per heavy atom. The third-order valence-corrected chi connectivity index (χ3v) is 3.75. The standard InChI is InChI=1S/C14H12N4O2S/c1-8-6-9(2)16-14(15-8)18-11(13(19)20)7-10(17-18)12-4-3-5-21-12/h3-7H,1-2H3,(H,19,20). The number of nitrogens with zero attached hydrogens (tertiary/aromatic N) is 4. The van der Waals surface area contributed by atoms with Gasteiger partial charge in [-0.15, -0.1) is 11.3 Å². The summed E-state index contributed by atoms with van der Waals surface area (Å²) in [6, 6.07) is 7.15. The summed E-state index contributed by atoms with van der Waals surface area (Å²) in [6.45, 7) is 3.67. The van der Waals surface area contributed by atoms with Gasteiger partial charge < -0.3 is 5.11 Å². The molecule has 1 N–H and O–H groups in total. The molecule has 0 aliphatic rings. The summed E-state index contributed by atoms with van der Waals surface area (Å²) < 4.78 is 1.28. The molecule has 21 heavy (non-hydrogen) atoms. The van der Waals surface area contributed by atoms with Gasteiger partial charge in [0, 0.05) is 17.5 Å². The SMILES string of the molecule is Cc1cc(C)nc(-n2nc(-c3cccs3)cc2C(=O)O)n1. The lowest BCUT2D eigenvalue weighted by Crippen LogP contribution is -2.12. The van der Waals surface area contributed by atoms with Gasteiger partial charge in [-0.2, -0.15) is 9.78 Å². The summed E-state index contributed by atoms with van der Waals surface area (Å²) in [5, 5.41) is 15.6. The Kier molecular flexibility index (Phi) is 3.26. The Morgan fingerprint density at radius 3 is 2.52 bits per heavy atom. The quantitative estimate of drug-likeness (QED) is 0.804. The second-order valence-electron chi connectivity index (χ2n) is 4.56. The predicted molar refractivity (Wildman–Crippen MR) is 78.9 cm³/mol. The Balaban J connectivity index is 2.19. The Labute approximate surface area is 124 Å². The van der Waals surface area contributed by atoms with E-state index in [1.807, 2.05) is 37.4 Å². The van der Waals surface area contributed by atoms with E-state index >= 15 is 0 Å². The maximum Gasteiger partial charge on any atom is 0.354 e. The molecule has 3 heterocycles. The minimum Gasteiger partial charge on any atom is -0.477 e. The first-order valence-corrected chi connectivity index (χ1v) is 7.12. The van der Waals surface area contributed by atoms with Gasteiger partial charge in [0.05, 0.1) is 4.88 Å². The van der Waals surface area contributed by atoms with E-state index in [-0.39, 0.29) is 11.6 Å². The predicted octanol–water partition coefficient (Wildman–Crippen LogP) is 2.71. The second-order valence-corrected chi connectivity index (χ2v) is 5.51. The molecule has 0 aliphatic heterocycles. The third-order valence-electron chi connectivity index (χ3n) is 2.86. The van der Waals surface area contributed by atoms with E-state index in [0.717, 1.165) is 16.3 Å². The highest BCUT2D eigenvalue weighted by Gasteiger charge is 2.19. The van der Waals surface area contributed by atoms with Crippen molar-refractivity contribution in [3.63, 3.8) is 0 Å². The Morgan fingerprint density at radius 2 is 1.95 bits per heavy atom. The molecule has 0 unspecified atom stereocenters. The fourth-order valence-electron chi connectivity index (χ4n) is 2.03. The third kappa shape index (κ3) is 2.55. The number of carboxylic acid groups (broad SMARTS) is 1. The molecule has 0 saturated heterocycles. The zero-order valence-electron chi connectivity index (χ0n) is 11.4. The summed E-state index contributed by atoms with van der Waals surface area (Å²) in [4.78, 5) is 20.9. The van der Waals surface area contributed by atoms with Crippen LogP contribution in [0.25, 0.3) is 16.5 Å². The molecule has 6 nitrogen and oxygen atoms in total. The second kappa shape index (κ2) is 5.10. The summed E-state index contributed by atoms with van der Waals surface area (Å²) in [7, 11) is 0. The van der Waals surface area contributed by atoms with Gasteiger partial charge >= 0.3 is 5.97 Å².